The van der Waals surface area contributed by atoms with Gasteiger partial charge < -0.3 is 9.14 Å². The molecule has 0 aliphatic carbocycles. The number of imidazole rings is 1. The van der Waals surface area contributed by atoms with Gasteiger partial charge in [-0.3, -0.25) is 0 Å². The van der Waals surface area contributed by atoms with Crippen molar-refractivity contribution in [1.82, 2.24) is 9.38 Å². The third-order valence-corrected chi connectivity index (χ3v) is 4.43. The SMILES string of the molecule is COC(=O)c1ccc2cnc(C3CCSC3)n2c1. The van der Waals surface area contributed by atoms with E-state index in [2.05, 4.69) is 4.98 Å². The van der Waals surface area contributed by atoms with E-state index in [1.165, 1.54) is 12.9 Å². The summed E-state index contributed by atoms with van der Waals surface area (Å²) in [5.41, 5.74) is 1.59. The summed E-state index contributed by atoms with van der Waals surface area (Å²) in [6, 6.07) is 3.68. The van der Waals surface area contributed by atoms with E-state index in [1.807, 2.05) is 34.6 Å². The molecule has 94 valence electrons. The number of nitrogens with zero attached hydrogens (tertiary/aromatic N) is 2. The zero-order chi connectivity index (χ0) is 12.5. The number of pyridine rings is 1. The summed E-state index contributed by atoms with van der Waals surface area (Å²) in [7, 11) is 1.40. The Balaban J connectivity index is 2.07. The smallest absolute Gasteiger partial charge is 0.339 e. The van der Waals surface area contributed by atoms with Gasteiger partial charge in [-0.2, -0.15) is 11.8 Å². The first-order valence-corrected chi connectivity index (χ1v) is 7.08. The van der Waals surface area contributed by atoms with Gasteiger partial charge in [0.25, 0.3) is 0 Å². The topological polar surface area (TPSA) is 43.6 Å². The van der Waals surface area contributed by atoms with E-state index < -0.39 is 0 Å². The lowest BCUT2D eigenvalue weighted by atomic mass is 10.1. The summed E-state index contributed by atoms with van der Waals surface area (Å²) in [5, 5.41) is 0. The van der Waals surface area contributed by atoms with E-state index in [1.54, 1.807) is 6.07 Å². The molecule has 0 N–H and O–H groups in total. The maximum atomic E-state index is 11.6. The summed E-state index contributed by atoms with van der Waals surface area (Å²) < 4.78 is 6.77. The lowest BCUT2D eigenvalue weighted by Crippen LogP contribution is -2.06. The van der Waals surface area contributed by atoms with Gasteiger partial charge in [-0.15, -0.1) is 0 Å². The highest BCUT2D eigenvalue weighted by molar-refractivity contribution is 7.99. The average Bonchev–Trinajstić information content (AvgIpc) is 3.05. The van der Waals surface area contributed by atoms with Gasteiger partial charge in [0.05, 0.1) is 24.4 Å². The van der Waals surface area contributed by atoms with Gasteiger partial charge in [0, 0.05) is 17.9 Å². The van der Waals surface area contributed by atoms with Crippen LogP contribution >= 0.6 is 11.8 Å². The molecule has 1 saturated heterocycles. The zero-order valence-electron chi connectivity index (χ0n) is 10.1. The van der Waals surface area contributed by atoms with E-state index in [0.29, 0.717) is 11.5 Å². The summed E-state index contributed by atoms with van der Waals surface area (Å²) >= 11 is 1.96. The fourth-order valence-electron chi connectivity index (χ4n) is 2.29. The molecule has 2 aromatic rings. The minimum Gasteiger partial charge on any atom is -0.465 e. The molecule has 1 aliphatic heterocycles. The number of aromatic nitrogens is 2. The lowest BCUT2D eigenvalue weighted by Gasteiger charge is -2.08. The Kier molecular flexibility index (Phi) is 2.99. The molecule has 0 bridgehead atoms. The Morgan fingerprint density at radius 1 is 1.56 bits per heavy atom. The van der Waals surface area contributed by atoms with Crippen LogP contribution in [0.3, 0.4) is 0 Å². The second-order valence-electron chi connectivity index (χ2n) is 4.38. The third kappa shape index (κ3) is 1.88. The molecule has 2 aromatic heterocycles. The van der Waals surface area contributed by atoms with Crippen LogP contribution < -0.4 is 0 Å². The van der Waals surface area contributed by atoms with Gasteiger partial charge in [-0.05, 0) is 24.3 Å². The first kappa shape index (κ1) is 11.6. The van der Waals surface area contributed by atoms with Crippen molar-refractivity contribution in [3.63, 3.8) is 0 Å². The molecule has 3 rings (SSSR count). The first-order chi connectivity index (χ1) is 8.79. The molecule has 0 aromatic carbocycles. The zero-order valence-corrected chi connectivity index (χ0v) is 10.9. The highest BCUT2D eigenvalue weighted by Crippen LogP contribution is 2.31. The number of rotatable bonds is 2. The quantitative estimate of drug-likeness (QED) is 0.779. The van der Waals surface area contributed by atoms with Crippen molar-refractivity contribution in [2.45, 2.75) is 12.3 Å². The number of carbonyl (C=O) groups excluding carboxylic acids is 1. The van der Waals surface area contributed by atoms with Crippen LogP contribution in [0.5, 0.6) is 0 Å². The molecule has 0 amide bonds. The Bertz CT molecular complexity index is 588. The summed E-state index contributed by atoms with van der Waals surface area (Å²) in [4.78, 5) is 16.1. The van der Waals surface area contributed by atoms with Gasteiger partial charge in [0.2, 0.25) is 0 Å². The van der Waals surface area contributed by atoms with Crippen LogP contribution in [0.2, 0.25) is 0 Å². The molecule has 0 spiro atoms. The van der Waals surface area contributed by atoms with Crippen LogP contribution in [0.4, 0.5) is 0 Å². The van der Waals surface area contributed by atoms with Gasteiger partial charge in [-0.1, -0.05) is 0 Å². The van der Waals surface area contributed by atoms with Gasteiger partial charge in [-0.25, -0.2) is 9.78 Å². The second-order valence-corrected chi connectivity index (χ2v) is 5.53. The van der Waals surface area contributed by atoms with Crippen molar-refractivity contribution < 1.29 is 9.53 Å². The van der Waals surface area contributed by atoms with E-state index >= 15 is 0 Å². The molecular weight excluding hydrogens is 248 g/mol. The number of carbonyl (C=O) groups is 1. The van der Waals surface area contributed by atoms with E-state index in [-0.39, 0.29) is 5.97 Å². The molecule has 1 aliphatic rings. The molecular formula is C13H14N2O2S. The molecule has 5 heteroatoms. The second kappa shape index (κ2) is 4.65. The van der Waals surface area contributed by atoms with Crippen LogP contribution in [0.25, 0.3) is 5.52 Å². The number of esters is 1. The Morgan fingerprint density at radius 3 is 3.17 bits per heavy atom. The molecule has 18 heavy (non-hydrogen) atoms. The standard InChI is InChI=1S/C13H14N2O2S/c1-17-13(16)9-2-3-11-6-14-12(15(11)7-9)10-4-5-18-8-10/h2-3,6-7,10H,4-5,8H2,1H3. The predicted molar refractivity (Wildman–Crippen MR) is 71.2 cm³/mol. The molecule has 1 atom stereocenters. The Hall–Kier alpha value is -1.49. The Morgan fingerprint density at radius 2 is 2.44 bits per heavy atom. The molecule has 3 heterocycles. The van der Waals surface area contributed by atoms with Gasteiger partial charge in [0.1, 0.15) is 5.82 Å². The summed E-state index contributed by atoms with van der Waals surface area (Å²) in [5.74, 6) is 3.54. The minimum atomic E-state index is -0.308. The normalized spacial score (nSPS) is 19.3. The molecule has 1 fully saturated rings. The van der Waals surface area contributed by atoms with Gasteiger partial charge in [0.15, 0.2) is 0 Å². The maximum Gasteiger partial charge on any atom is 0.339 e. The monoisotopic (exact) mass is 262 g/mol. The van der Waals surface area contributed by atoms with Crippen LogP contribution in [0.15, 0.2) is 24.5 Å². The molecule has 0 radical (unpaired) electrons. The number of methoxy groups -OCH3 is 1. The highest BCUT2D eigenvalue weighted by Gasteiger charge is 2.22. The van der Waals surface area contributed by atoms with E-state index in [0.717, 1.165) is 23.5 Å². The van der Waals surface area contributed by atoms with Crippen LogP contribution in [0, 0.1) is 0 Å². The van der Waals surface area contributed by atoms with Crippen molar-refractivity contribution in [3.8, 4) is 0 Å². The van der Waals surface area contributed by atoms with Crippen LogP contribution in [-0.4, -0.2) is 34.0 Å². The summed E-state index contributed by atoms with van der Waals surface area (Å²) in [6.45, 7) is 0. The first-order valence-electron chi connectivity index (χ1n) is 5.92. The largest absolute Gasteiger partial charge is 0.465 e. The third-order valence-electron chi connectivity index (χ3n) is 3.27. The van der Waals surface area contributed by atoms with Gasteiger partial charge >= 0.3 is 5.97 Å². The Labute approximate surface area is 109 Å². The van der Waals surface area contributed by atoms with Crippen LogP contribution in [-0.2, 0) is 4.74 Å². The van der Waals surface area contributed by atoms with E-state index in [4.69, 9.17) is 4.74 Å². The highest BCUT2D eigenvalue weighted by atomic mass is 32.2. The lowest BCUT2D eigenvalue weighted by molar-refractivity contribution is 0.0600. The van der Waals surface area contributed by atoms with Crippen LogP contribution in [0.1, 0.15) is 28.5 Å². The number of hydrogen-bond acceptors (Lipinski definition) is 4. The van der Waals surface area contributed by atoms with Crippen molar-refractivity contribution >= 4 is 23.2 Å². The van der Waals surface area contributed by atoms with Crippen molar-refractivity contribution in [2.24, 2.45) is 0 Å². The fourth-order valence-corrected chi connectivity index (χ4v) is 3.51. The summed E-state index contributed by atoms with van der Waals surface area (Å²) in [6.07, 6.45) is 4.85. The average molecular weight is 262 g/mol. The molecule has 0 saturated carbocycles. The van der Waals surface area contributed by atoms with Crippen molar-refractivity contribution in [1.29, 1.82) is 0 Å². The number of thioether (sulfide) groups is 1. The fraction of sp³-hybridized carbons (Fsp3) is 0.385. The molecule has 4 nitrogen and oxygen atoms in total. The predicted octanol–water partition coefficient (Wildman–Crippen LogP) is 2.34. The minimum absolute atomic E-state index is 0.308. The van der Waals surface area contributed by atoms with Crippen molar-refractivity contribution in [3.05, 3.63) is 35.9 Å². The number of fused-ring (bicyclic) bond motifs is 1. The molecule has 1 unspecified atom stereocenters. The van der Waals surface area contributed by atoms with E-state index in [9.17, 15) is 4.79 Å². The number of ether oxygens (including phenoxy) is 1. The maximum absolute atomic E-state index is 11.6. The number of hydrogen-bond donors (Lipinski definition) is 0. The van der Waals surface area contributed by atoms with Crippen molar-refractivity contribution in [2.75, 3.05) is 18.6 Å².